The van der Waals surface area contributed by atoms with Gasteiger partial charge in [0, 0.05) is 5.60 Å². The Morgan fingerprint density at radius 3 is 1.50 bits per heavy atom. The Bertz CT molecular complexity index is 317. The van der Waals surface area contributed by atoms with Crippen LogP contribution in [0.3, 0.4) is 0 Å². The number of hydrogen-bond acceptors (Lipinski definition) is 3. The first-order valence-corrected chi connectivity index (χ1v) is 9.52. The van der Waals surface area contributed by atoms with Crippen molar-refractivity contribution in [2.24, 2.45) is 11.8 Å². The van der Waals surface area contributed by atoms with Crippen molar-refractivity contribution in [1.29, 1.82) is 0 Å². The SMILES string of the molecule is CC(C)(C)OB1O[C@H](C2CCCCC2)[C@@H](C2CCCCC2)O1. The second kappa shape index (κ2) is 7.23. The van der Waals surface area contributed by atoms with E-state index in [-0.39, 0.29) is 17.8 Å². The van der Waals surface area contributed by atoms with E-state index in [0.717, 1.165) is 0 Å². The Kier molecular flexibility index (Phi) is 5.52. The summed E-state index contributed by atoms with van der Waals surface area (Å²) in [5.41, 5.74) is -0.219. The van der Waals surface area contributed by atoms with Gasteiger partial charge in [-0.1, -0.05) is 38.5 Å². The highest BCUT2D eigenvalue weighted by molar-refractivity contribution is 6.37. The highest BCUT2D eigenvalue weighted by Crippen LogP contribution is 2.40. The molecule has 3 aliphatic rings. The smallest absolute Gasteiger partial charge is 0.381 e. The third kappa shape index (κ3) is 4.27. The molecule has 22 heavy (non-hydrogen) atoms. The molecule has 0 aromatic rings. The van der Waals surface area contributed by atoms with Gasteiger partial charge in [-0.3, -0.25) is 0 Å². The van der Waals surface area contributed by atoms with E-state index < -0.39 is 7.32 Å². The highest BCUT2D eigenvalue weighted by atomic mass is 16.8. The summed E-state index contributed by atoms with van der Waals surface area (Å²) in [5, 5.41) is 0. The summed E-state index contributed by atoms with van der Waals surface area (Å²) in [6.45, 7) is 6.22. The molecular formula is C18H33BO3. The maximum Gasteiger partial charge on any atom is 0.640 e. The van der Waals surface area contributed by atoms with Gasteiger partial charge in [-0.05, 0) is 58.3 Å². The summed E-state index contributed by atoms with van der Waals surface area (Å²) < 4.78 is 18.6. The zero-order chi connectivity index (χ0) is 15.6. The summed E-state index contributed by atoms with van der Waals surface area (Å²) in [7, 11) is -0.459. The van der Waals surface area contributed by atoms with Crippen LogP contribution in [0.1, 0.15) is 85.0 Å². The van der Waals surface area contributed by atoms with Gasteiger partial charge >= 0.3 is 7.32 Å². The largest absolute Gasteiger partial charge is 0.640 e. The van der Waals surface area contributed by atoms with Crippen LogP contribution in [-0.2, 0) is 14.0 Å². The van der Waals surface area contributed by atoms with Gasteiger partial charge in [0.2, 0.25) is 0 Å². The quantitative estimate of drug-likeness (QED) is 0.705. The van der Waals surface area contributed by atoms with Crippen LogP contribution in [0.2, 0.25) is 0 Å². The van der Waals surface area contributed by atoms with Gasteiger partial charge in [0.05, 0.1) is 12.2 Å². The molecule has 126 valence electrons. The second-order valence-electron chi connectivity index (χ2n) is 8.52. The number of rotatable bonds is 3. The molecule has 3 rings (SSSR count). The van der Waals surface area contributed by atoms with Crippen LogP contribution >= 0.6 is 0 Å². The first-order chi connectivity index (χ1) is 10.5. The third-order valence-electron chi connectivity index (χ3n) is 5.54. The Balaban J connectivity index is 1.68. The predicted molar refractivity (Wildman–Crippen MR) is 89.5 cm³/mol. The minimum atomic E-state index is -0.459. The zero-order valence-electron chi connectivity index (χ0n) is 14.7. The minimum Gasteiger partial charge on any atom is -0.381 e. The van der Waals surface area contributed by atoms with E-state index >= 15 is 0 Å². The average Bonchev–Trinajstić information content (AvgIpc) is 2.91. The Morgan fingerprint density at radius 1 is 0.727 bits per heavy atom. The highest BCUT2D eigenvalue weighted by Gasteiger charge is 2.49. The van der Waals surface area contributed by atoms with E-state index in [1.807, 2.05) is 0 Å². The Labute approximate surface area is 136 Å². The van der Waals surface area contributed by atoms with Gasteiger partial charge in [-0.15, -0.1) is 0 Å². The van der Waals surface area contributed by atoms with E-state index in [4.69, 9.17) is 14.0 Å². The molecule has 1 saturated heterocycles. The van der Waals surface area contributed by atoms with Gasteiger partial charge in [-0.25, -0.2) is 0 Å². The maximum absolute atomic E-state index is 6.30. The van der Waals surface area contributed by atoms with E-state index in [1.54, 1.807) is 0 Å². The molecule has 1 aliphatic heterocycles. The van der Waals surface area contributed by atoms with Gasteiger partial charge in [0.25, 0.3) is 0 Å². The van der Waals surface area contributed by atoms with Crippen LogP contribution in [0, 0.1) is 11.8 Å². The summed E-state index contributed by atoms with van der Waals surface area (Å²) in [6, 6.07) is 0. The number of hydrogen-bond donors (Lipinski definition) is 0. The second-order valence-corrected chi connectivity index (χ2v) is 8.52. The average molecular weight is 308 g/mol. The fraction of sp³-hybridized carbons (Fsp3) is 1.00. The molecule has 0 aromatic carbocycles. The van der Waals surface area contributed by atoms with Crippen molar-refractivity contribution in [2.75, 3.05) is 0 Å². The molecule has 0 bridgehead atoms. The van der Waals surface area contributed by atoms with Crippen molar-refractivity contribution in [2.45, 2.75) is 103 Å². The van der Waals surface area contributed by atoms with E-state index in [9.17, 15) is 0 Å². The van der Waals surface area contributed by atoms with Crippen molar-refractivity contribution in [1.82, 2.24) is 0 Å². The van der Waals surface area contributed by atoms with Crippen LogP contribution in [0.5, 0.6) is 0 Å². The van der Waals surface area contributed by atoms with Crippen molar-refractivity contribution >= 4 is 7.32 Å². The lowest BCUT2D eigenvalue weighted by Crippen LogP contribution is -2.38. The first kappa shape index (κ1) is 16.8. The normalized spacial score (nSPS) is 32.6. The fourth-order valence-electron chi connectivity index (χ4n) is 4.47. The van der Waals surface area contributed by atoms with Gasteiger partial charge in [-0.2, -0.15) is 0 Å². The van der Waals surface area contributed by atoms with Gasteiger partial charge in [0.1, 0.15) is 0 Å². The van der Waals surface area contributed by atoms with E-state index in [0.29, 0.717) is 11.8 Å². The summed E-state index contributed by atoms with van der Waals surface area (Å²) in [5.74, 6) is 1.35. The van der Waals surface area contributed by atoms with Crippen LogP contribution in [-0.4, -0.2) is 25.1 Å². The monoisotopic (exact) mass is 308 g/mol. The summed E-state index contributed by atoms with van der Waals surface area (Å²) in [6.07, 6.45) is 13.9. The molecule has 1 heterocycles. The topological polar surface area (TPSA) is 27.7 Å². The molecule has 0 N–H and O–H groups in total. The minimum absolute atomic E-state index is 0.219. The van der Waals surface area contributed by atoms with Crippen LogP contribution in [0.25, 0.3) is 0 Å². The lowest BCUT2D eigenvalue weighted by atomic mass is 9.77. The standard InChI is InChI=1S/C18H33BO3/c1-18(2,3)22-19-20-16(14-10-6-4-7-11-14)17(21-19)15-12-8-5-9-13-15/h14-17H,4-13H2,1-3H3/t16-,17-/m1/s1. The Hall–Kier alpha value is -0.0551. The molecule has 0 amide bonds. The van der Waals surface area contributed by atoms with Crippen molar-refractivity contribution in [3.05, 3.63) is 0 Å². The summed E-state index contributed by atoms with van der Waals surface area (Å²) >= 11 is 0. The lowest BCUT2D eigenvalue weighted by molar-refractivity contribution is 0.0324. The van der Waals surface area contributed by atoms with Crippen molar-refractivity contribution in [3.8, 4) is 0 Å². The molecule has 0 radical (unpaired) electrons. The van der Waals surface area contributed by atoms with E-state index in [1.165, 1.54) is 64.2 Å². The Morgan fingerprint density at radius 2 is 1.14 bits per heavy atom. The molecule has 3 fully saturated rings. The molecule has 2 saturated carbocycles. The van der Waals surface area contributed by atoms with E-state index in [2.05, 4.69) is 20.8 Å². The molecule has 2 atom stereocenters. The van der Waals surface area contributed by atoms with Crippen molar-refractivity contribution < 1.29 is 14.0 Å². The first-order valence-electron chi connectivity index (χ1n) is 9.52. The third-order valence-corrected chi connectivity index (χ3v) is 5.54. The molecule has 3 nitrogen and oxygen atoms in total. The van der Waals surface area contributed by atoms with Crippen LogP contribution in [0.15, 0.2) is 0 Å². The molecule has 0 spiro atoms. The predicted octanol–water partition coefficient (Wildman–Crippen LogP) is 4.73. The maximum atomic E-state index is 6.30. The lowest BCUT2D eigenvalue weighted by Gasteiger charge is -2.35. The van der Waals surface area contributed by atoms with Crippen molar-refractivity contribution in [3.63, 3.8) is 0 Å². The molecular weight excluding hydrogens is 275 g/mol. The van der Waals surface area contributed by atoms with Gasteiger partial charge < -0.3 is 14.0 Å². The molecule has 0 unspecified atom stereocenters. The molecule has 4 heteroatoms. The summed E-state index contributed by atoms with van der Waals surface area (Å²) in [4.78, 5) is 0. The zero-order valence-corrected chi connectivity index (χ0v) is 14.7. The molecule has 2 aliphatic carbocycles. The van der Waals surface area contributed by atoms with Gasteiger partial charge in [0.15, 0.2) is 0 Å². The van der Waals surface area contributed by atoms with Crippen LogP contribution in [0.4, 0.5) is 0 Å². The molecule has 0 aromatic heterocycles. The van der Waals surface area contributed by atoms with Crippen LogP contribution < -0.4 is 0 Å². The fourth-order valence-corrected chi connectivity index (χ4v) is 4.47.